The summed E-state index contributed by atoms with van der Waals surface area (Å²) < 4.78 is 19.5. The molecule has 9 heteroatoms. The summed E-state index contributed by atoms with van der Waals surface area (Å²) in [5.41, 5.74) is 7.92. The minimum absolute atomic E-state index is 0.217. The number of nitrogens with zero attached hydrogens (tertiary/aromatic N) is 3. The zero-order valence-electron chi connectivity index (χ0n) is 13.6. The quantitative estimate of drug-likeness (QED) is 0.541. The molecular weight excluding hydrogens is 357 g/mol. The van der Waals surface area contributed by atoms with E-state index in [4.69, 9.17) is 10.3 Å². The predicted molar refractivity (Wildman–Crippen MR) is 95.1 cm³/mol. The zero-order valence-corrected chi connectivity index (χ0v) is 14.4. The Morgan fingerprint density at radius 3 is 2.73 bits per heavy atom. The van der Waals surface area contributed by atoms with Crippen LogP contribution in [0.3, 0.4) is 0 Å². The number of anilines is 2. The number of amides is 1. The molecule has 0 saturated carbocycles. The molecule has 0 aliphatic heterocycles. The number of carbonyl (C=O) groups is 1. The molecule has 0 fully saturated rings. The van der Waals surface area contributed by atoms with Crippen molar-refractivity contribution in [2.75, 3.05) is 11.1 Å². The molecule has 3 N–H and O–H groups in total. The number of thiophene rings is 1. The maximum absolute atomic E-state index is 13.1. The summed E-state index contributed by atoms with van der Waals surface area (Å²) in [6.45, 7) is 0. The predicted octanol–water partition coefficient (Wildman–Crippen LogP) is 2.75. The van der Waals surface area contributed by atoms with Gasteiger partial charge in [0.1, 0.15) is 15.5 Å². The summed E-state index contributed by atoms with van der Waals surface area (Å²) in [6.07, 6.45) is 1.53. The Morgan fingerprint density at radius 1 is 1.27 bits per heavy atom. The number of nitrogens with one attached hydrogen (secondary N) is 1. The maximum Gasteiger partial charge on any atom is 0.302 e. The van der Waals surface area contributed by atoms with Crippen LogP contribution < -0.4 is 15.7 Å². The number of aromatic nitrogens is 3. The van der Waals surface area contributed by atoms with Crippen molar-refractivity contribution in [1.82, 2.24) is 10.3 Å². The second-order valence-corrected chi connectivity index (χ2v) is 6.59. The Morgan fingerprint density at radius 2 is 2.04 bits per heavy atom. The van der Waals surface area contributed by atoms with Gasteiger partial charge in [0.2, 0.25) is 0 Å². The lowest BCUT2D eigenvalue weighted by molar-refractivity contribution is -0.739. The highest BCUT2D eigenvalue weighted by Gasteiger charge is 2.20. The minimum atomic E-state index is -0.398. The van der Waals surface area contributed by atoms with Crippen LogP contribution in [0, 0.1) is 5.82 Å². The fourth-order valence-electron chi connectivity index (χ4n) is 2.50. The van der Waals surface area contributed by atoms with Gasteiger partial charge >= 0.3 is 5.88 Å². The Bertz CT molecular complexity index is 1120. The molecule has 0 aliphatic rings. The third-order valence-electron chi connectivity index (χ3n) is 3.75. The molecule has 3 heterocycles. The summed E-state index contributed by atoms with van der Waals surface area (Å²) >= 11 is 1.18. The van der Waals surface area contributed by atoms with Gasteiger partial charge in [-0.3, -0.25) is 14.6 Å². The van der Waals surface area contributed by atoms with Crippen molar-refractivity contribution in [2.24, 2.45) is 7.05 Å². The fraction of sp³-hybridized carbons (Fsp3) is 0.0588. The molecule has 130 valence electrons. The average Bonchev–Trinajstić information content (AvgIpc) is 3.18. The van der Waals surface area contributed by atoms with E-state index in [-0.39, 0.29) is 11.7 Å². The van der Waals surface area contributed by atoms with E-state index in [0.717, 1.165) is 5.56 Å². The second kappa shape index (κ2) is 6.19. The summed E-state index contributed by atoms with van der Waals surface area (Å²) in [7, 11) is 1.67. The van der Waals surface area contributed by atoms with Crippen LogP contribution in [0.25, 0.3) is 21.5 Å². The molecule has 0 unspecified atom stereocenters. The number of halogens is 1. The average molecular weight is 370 g/mol. The smallest absolute Gasteiger partial charge is 0.302 e. The number of carbonyl (C=O) groups excluding carboxylic acids is 1. The van der Waals surface area contributed by atoms with Crippen molar-refractivity contribution in [1.29, 1.82) is 0 Å². The van der Waals surface area contributed by atoms with Gasteiger partial charge in [0.15, 0.2) is 12.3 Å². The van der Waals surface area contributed by atoms with E-state index in [2.05, 4.69) is 15.6 Å². The summed E-state index contributed by atoms with van der Waals surface area (Å²) in [6, 6.07) is 9.64. The maximum atomic E-state index is 13.1. The number of nitrogens with two attached hydrogens (primary N) is 1. The Balaban J connectivity index is 1.69. The molecule has 0 aliphatic carbocycles. The molecule has 7 nitrogen and oxygen atoms in total. The number of hydrogen-bond donors (Lipinski definition) is 2. The van der Waals surface area contributed by atoms with Gasteiger partial charge in [-0.25, -0.2) is 9.37 Å². The molecule has 26 heavy (non-hydrogen) atoms. The molecule has 4 aromatic rings. The largest absolute Gasteiger partial charge is 0.397 e. The van der Waals surface area contributed by atoms with Crippen LogP contribution in [0.2, 0.25) is 0 Å². The number of nitrogen functional groups attached to an aromatic ring is 1. The molecule has 1 amide bonds. The normalized spacial score (nSPS) is 11.0. The number of hydrogen-bond acceptors (Lipinski definition) is 6. The Labute approximate surface area is 150 Å². The standard InChI is InChI=1S/C17H12FN5O2S/c1-23-8-13(25-22-23)21-16(24)15-14(19)11-6-7-12(20-17(11)26-15)9-2-4-10(18)5-3-9/h2-8H,1H3,(H2-,19,21,22,24)/p+1. The molecule has 3 aromatic heterocycles. The van der Waals surface area contributed by atoms with E-state index in [1.54, 1.807) is 31.3 Å². The van der Waals surface area contributed by atoms with E-state index in [0.29, 0.717) is 26.5 Å². The monoisotopic (exact) mass is 370 g/mol. The van der Waals surface area contributed by atoms with E-state index >= 15 is 0 Å². The highest BCUT2D eigenvalue weighted by atomic mass is 32.1. The van der Waals surface area contributed by atoms with Gasteiger partial charge in [0.05, 0.1) is 11.4 Å². The van der Waals surface area contributed by atoms with Crippen molar-refractivity contribution in [3.63, 3.8) is 0 Å². The second-order valence-electron chi connectivity index (χ2n) is 5.60. The van der Waals surface area contributed by atoms with Crippen molar-refractivity contribution >= 4 is 39.0 Å². The lowest BCUT2D eigenvalue weighted by atomic mass is 10.1. The minimum Gasteiger partial charge on any atom is -0.397 e. The number of benzene rings is 1. The first-order valence-corrected chi connectivity index (χ1v) is 8.42. The third-order valence-corrected chi connectivity index (χ3v) is 4.86. The lowest BCUT2D eigenvalue weighted by Gasteiger charge is -2.01. The lowest BCUT2D eigenvalue weighted by Crippen LogP contribution is -2.28. The zero-order chi connectivity index (χ0) is 18.3. The van der Waals surface area contributed by atoms with Crippen molar-refractivity contribution in [3.8, 4) is 11.3 Å². The Kier molecular flexibility index (Phi) is 3.85. The van der Waals surface area contributed by atoms with Gasteiger partial charge in [0, 0.05) is 10.9 Å². The number of fused-ring (bicyclic) bond motifs is 1. The molecule has 0 radical (unpaired) electrons. The van der Waals surface area contributed by atoms with Crippen LogP contribution in [0.15, 0.2) is 47.1 Å². The van der Waals surface area contributed by atoms with Crippen molar-refractivity contribution < 1.29 is 18.4 Å². The number of rotatable bonds is 3. The van der Waals surface area contributed by atoms with Crippen LogP contribution in [0.1, 0.15) is 9.67 Å². The molecule has 0 bridgehead atoms. The van der Waals surface area contributed by atoms with E-state index in [1.165, 1.54) is 34.3 Å². The SMILES string of the molecule is C[n+]1cc(NC(=O)c2sc3nc(-c4ccc(F)cc4)ccc3c2N)on1. The van der Waals surface area contributed by atoms with Crippen LogP contribution in [-0.4, -0.2) is 16.2 Å². The van der Waals surface area contributed by atoms with Gasteiger partial charge in [-0.1, -0.05) is 4.68 Å². The van der Waals surface area contributed by atoms with E-state index in [9.17, 15) is 9.18 Å². The summed E-state index contributed by atoms with van der Waals surface area (Å²) in [5.74, 6) is -0.491. The number of pyridine rings is 1. The van der Waals surface area contributed by atoms with Gasteiger partial charge in [0.25, 0.3) is 12.1 Å². The first-order valence-electron chi connectivity index (χ1n) is 7.60. The van der Waals surface area contributed by atoms with E-state index in [1.807, 2.05) is 0 Å². The van der Waals surface area contributed by atoms with Crippen LogP contribution in [0.4, 0.5) is 16.0 Å². The summed E-state index contributed by atoms with van der Waals surface area (Å²) in [4.78, 5) is 18.0. The van der Waals surface area contributed by atoms with E-state index < -0.39 is 5.91 Å². The molecule has 4 rings (SSSR count). The first kappa shape index (κ1) is 16.2. The highest BCUT2D eigenvalue weighted by molar-refractivity contribution is 7.21. The van der Waals surface area contributed by atoms with Gasteiger partial charge in [-0.15, -0.1) is 11.3 Å². The Hall–Kier alpha value is -3.33. The molecule has 0 saturated heterocycles. The van der Waals surface area contributed by atoms with Gasteiger partial charge < -0.3 is 5.73 Å². The molecule has 0 spiro atoms. The van der Waals surface area contributed by atoms with Crippen molar-refractivity contribution in [3.05, 3.63) is 53.3 Å². The highest BCUT2D eigenvalue weighted by Crippen LogP contribution is 2.34. The molecular formula is C17H13FN5O2S+. The van der Waals surface area contributed by atoms with Gasteiger partial charge in [-0.05, 0) is 36.4 Å². The van der Waals surface area contributed by atoms with Crippen LogP contribution in [0.5, 0.6) is 0 Å². The molecule has 0 atom stereocenters. The fourth-order valence-corrected chi connectivity index (χ4v) is 3.49. The number of aryl methyl sites for hydroxylation is 1. The van der Waals surface area contributed by atoms with Crippen LogP contribution in [-0.2, 0) is 7.05 Å². The third kappa shape index (κ3) is 2.88. The first-order chi connectivity index (χ1) is 12.5. The van der Waals surface area contributed by atoms with Crippen LogP contribution >= 0.6 is 11.3 Å². The topological polar surface area (TPSA) is 97.9 Å². The van der Waals surface area contributed by atoms with Gasteiger partial charge in [-0.2, -0.15) is 0 Å². The van der Waals surface area contributed by atoms with Crippen molar-refractivity contribution in [2.45, 2.75) is 0 Å². The molecule has 1 aromatic carbocycles. The summed E-state index contributed by atoms with van der Waals surface area (Å²) in [5, 5.41) is 6.93.